The van der Waals surface area contributed by atoms with Crippen molar-refractivity contribution in [3.05, 3.63) is 22.5 Å². The van der Waals surface area contributed by atoms with Gasteiger partial charge in [-0.05, 0) is 44.6 Å². The maximum Gasteiger partial charge on any atom is 0.268 e. The number of hydrogen-bond donors (Lipinski definition) is 3. The Kier molecular flexibility index (Phi) is 8.66. The van der Waals surface area contributed by atoms with Crippen LogP contribution in [0.1, 0.15) is 84.5 Å². The number of carbonyl (C=O) groups excluding carboxylic acids is 2. The van der Waals surface area contributed by atoms with Gasteiger partial charge in [0.2, 0.25) is 0 Å². The Morgan fingerprint density at radius 1 is 1.28 bits per heavy atom. The van der Waals surface area contributed by atoms with E-state index in [2.05, 4.69) is 17.2 Å². The van der Waals surface area contributed by atoms with Crippen molar-refractivity contribution in [2.75, 3.05) is 6.54 Å². The summed E-state index contributed by atoms with van der Waals surface area (Å²) in [7, 11) is 0. The van der Waals surface area contributed by atoms with Gasteiger partial charge in [-0.2, -0.15) is 0 Å². The molecule has 0 saturated heterocycles. The highest BCUT2D eigenvalue weighted by atomic mass is 35.5. The number of amides is 1. The highest BCUT2D eigenvalue weighted by Crippen LogP contribution is 2.27. The van der Waals surface area contributed by atoms with Crippen LogP contribution in [0.4, 0.5) is 0 Å². The first kappa shape index (κ1) is 21.7. The van der Waals surface area contributed by atoms with Crippen LogP contribution in [0.2, 0.25) is 0 Å². The van der Waals surface area contributed by atoms with Crippen molar-refractivity contribution in [1.82, 2.24) is 10.3 Å². The fourth-order valence-corrected chi connectivity index (χ4v) is 3.99. The minimum absolute atomic E-state index is 0. The standard InChI is InChI=1S/C19H31N3O2.ClH/c1-4-8-15-17(13(3)23)12(2)21-18(15)19(24)22-16(11-20)14-9-6-5-7-10-14;/h14,16,21H,4-11,20H2,1-3H3,(H,22,24);1H. The maximum absolute atomic E-state index is 12.8. The molecule has 0 aliphatic heterocycles. The molecule has 4 N–H and O–H groups in total. The molecule has 1 atom stereocenters. The molecule has 1 aliphatic rings. The van der Waals surface area contributed by atoms with Gasteiger partial charge >= 0.3 is 0 Å². The summed E-state index contributed by atoms with van der Waals surface area (Å²) in [5.74, 6) is 0.342. The lowest BCUT2D eigenvalue weighted by molar-refractivity contribution is 0.0910. The molecule has 1 unspecified atom stereocenters. The highest BCUT2D eigenvalue weighted by Gasteiger charge is 2.27. The molecule has 2 rings (SSSR count). The van der Waals surface area contributed by atoms with Crippen LogP contribution in [0.3, 0.4) is 0 Å². The van der Waals surface area contributed by atoms with Crippen LogP contribution in [-0.4, -0.2) is 29.3 Å². The number of aromatic amines is 1. The number of H-pyrrole nitrogens is 1. The minimum Gasteiger partial charge on any atom is -0.354 e. The normalized spacial score (nSPS) is 16.2. The Morgan fingerprint density at radius 2 is 1.92 bits per heavy atom. The predicted molar refractivity (Wildman–Crippen MR) is 104 cm³/mol. The fraction of sp³-hybridized carbons (Fsp3) is 0.684. The summed E-state index contributed by atoms with van der Waals surface area (Å²) < 4.78 is 0. The lowest BCUT2D eigenvalue weighted by Gasteiger charge is -2.30. The predicted octanol–water partition coefficient (Wildman–Crippen LogP) is 3.54. The molecule has 1 aromatic rings. The molecule has 1 amide bonds. The topological polar surface area (TPSA) is 88.0 Å². The largest absolute Gasteiger partial charge is 0.354 e. The second-order valence-electron chi connectivity index (χ2n) is 7.00. The van der Waals surface area contributed by atoms with Crippen molar-refractivity contribution in [2.45, 2.75) is 71.8 Å². The van der Waals surface area contributed by atoms with E-state index in [4.69, 9.17) is 5.73 Å². The first-order valence-electron chi connectivity index (χ1n) is 9.22. The van der Waals surface area contributed by atoms with E-state index in [9.17, 15) is 9.59 Å². The number of halogens is 1. The van der Waals surface area contributed by atoms with Crippen LogP contribution in [-0.2, 0) is 6.42 Å². The molecule has 0 radical (unpaired) electrons. The Balaban J connectivity index is 0.00000312. The number of nitrogens with two attached hydrogens (primary N) is 1. The third-order valence-electron chi connectivity index (χ3n) is 5.16. The average molecular weight is 370 g/mol. The maximum atomic E-state index is 12.8. The third kappa shape index (κ3) is 5.08. The molecule has 1 aromatic heterocycles. The zero-order valence-electron chi connectivity index (χ0n) is 15.6. The Hall–Kier alpha value is -1.33. The van der Waals surface area contributed by atoms with E-state index in [1.165, 1.54) is 19.3 Å². The highest BCUT2D eigenvalue weighted by molar-refractivity contribution is 6.02. The van der Waals surface area contributed by atoms with E-state index in [1.54, 1.807) is 6.92 Å². The SMILES string of the molecule is CCCc1c(C(=O)NC(CN)C2CCCCC2)[nH]c(C)c1C(C)=O.Cl. The number of aryl methyl sites for hydroxylation is 1. The number of aromatic nitrogens is 1. The van der Waals surface area contributed by atoms with Crippen molar-refractivity contribution in [3.63, 3.8) is 0 Å². The number of ketones is 1. The van der Waals surface area contributed by atoms with Gasteiger partial charge in [-0.1, -0.05) is 32.6 Å². The van der Waals surface area contributed by atoms with Crippen LogP contribution >= 0.6 is 12.4 Å². The number of hydrogen-bond acceptors (Lipinski definition) is 3. The fourth-order valence-electron chi connectivity index (χ4n) is 3.99. The third-order valence-corrected chi connectivity index (χ3v) is 5.16. The van der Waals surface area contributed by atoms with Gasteiger partial charge in [0, 0.05) is 23.8 Å². The summed E-state index contributed by atoms with van der Waals surface area (Å²) in [4.78, 5) is 27.9. The Morgan fingerprint density at radius 3 is 2.44 bits per heavy atom. The molecule has 142 valence electrons. The number of rotatable bonds is 7. The molecule has 1 heterocycles. The molecular formula is C19H32ClN3O2. The van der Waals surface area contributed by atoms with Crippen molar-refractivity contribution in [3.8, 4) is 0 Å². The molecule has 25 heavy (non-hydrogen) atoms. The smallest absolute Gasteiger partial charge is 0.268 e. The molecular weight excluding hydrogens is 338 g/mol. The van der Waals surface area contributed by atoms with Crippen molar-refractivity contribution >= 4 is 24.1 Å². The lowest BCUT2D eigenvalue weighted by Crippen LogP contribution is -2.46. The van der Waals surface area contributed by atoms with Crippen LogP contribution in [0.25, 0.3) is 0 Å². The average Bonchev–Trinajstić information content (AvgIpc) is 2.90. The van der Waals surface area contributed by atoms with Gasteiger partial charge in [-0.15, -0.1) is 12.4 Å². The molecule has 5 nitrogen and oxygen atoms in total. The quantitative estimate of drug-likeness (QED) is 0.642. The van der Waals surface area contributed by atoms with Gasteiger partial charge in [-0.25, -0.2) is 0 Å². The summed E-state index contributed by atoms with van der Waals surface area (Å²) in [6.45, 7) is 5.92. The van der Waals surface area contributed by atoms with Crippen LogP contribution in [0.15, 0.2) is 0 Å². The second kappa shape index (κ2) is 9.97. The van der Waals surface area contributed by atoms with E-state index >= 15 is 0 Å². The summed E-state index contributed by atoms with van der Waals surface area (Å²) in [6, 6.07) is 0.0108. The van der Waals surface area contributed by atoms with Gasteiger partial charge in [0.05, 0.1) is 0 Å². The first-order chi connectivity index (χ1) is 11.5. The summed E-state index contributed by atoms with van der Waals surface area (Å²) in [5, 5.41) is 3.12. The van der Waals surface area contributed by atoms with Crippen LogP contribution < -0.4 is 11.1 Å². The zero-order chi connectivity index (χ0) is 17.7. The van der Waals surface area contributed by atoms with Gasteiger partial charge in [0.25, 0.3) is 5.91 Å². The van der Waals surface area contributed by atoms with Gasteiger partial charge in [0.15, 0.2) is 5.78 Å². The van der Waals surface area contributed by atoms with E-state index in [-0.39, 0.29) is 30.1 Å². The van der Waals surface area contributed by atoms with Crippen molar-refractivity contribution in [1.29, 1.82) is 0 Å². The molecule has 0 aromatic carbocycles. The van der Waals surface area contributed by atoms with Gasteiger partial charge in [0.1, 0.15) is 5.69 Å². The summed E-state index contributed by atoms with van der Waals surface area (Å²) in [6.07, 6.45) is 7.58. The van der Waals surface area contributed by atoms with E-state index < -0.39 is 0 Å². The molecule has 1 aliphatic carbocycles. The summed E-state index contributed by atoms with van der Waals surface area (Å²) >= 11 is 0. The Bertz CT molecular complexity index is 592. The molecule has 0 bridgehead atoms. The Labute approximate surface area is 156 Å². The monoisotopic (exact) mass is 369 g/mol. The number of carbonyl (C=O) groups is 2. The van der Waals surface area contributed by atoms with E-state index in [1.807, 2.05) is 6.92 Å². The first-order valence-corrected chi connectivity index (χ1v) is 9.22. The van der Waals surface area contributed by atoms with E-state index in [0.29, 0.717) is 23.7 Å². The van der Waals surface area contributed by atoms with Gasteiger partial charge < -0.3 is 16.0 Å². The van der Waals surface area contributed by atoms with Gasteiger partial charge in [-0.3, -0.25) is 9.59 Å². The minimum atomic E-state index is -0.130. The summed E-state index contributed by atoms with van der Waals surface area (Å²) in [5.41, 5.74) is 8.76. The zero-order valence-corrected chi connectivity index (χ0v) is 16.4. The van der Waals surface area contributed by atoms with E-state index in [0.717, 1.165) is 36.9 Å². The molecule has 1 fully saturated rings. The van der Waals surface area contributed by atoms with Crippen LogP contribution in [0.5, 0.6) is 0 Å². The molecule has 1 saturated carbocycles. The van der Waals surface area contributed by atoms with Crippen LogP contribution in [0, 0.1) is 12.8 Å². The van der Waals surface area contributed by atoms with Crippen molar-refractivity contribution in [2.24, 2.45) is 11.7 Å². The molecule has 0 spiro atoms. The number of Topliss-reactive ketones (excluding diaryl/α,β-unsaturated/α-hetero) is 1. The second-order valence-corrected chi connectivity index (χ2v) is 7.00. The lowest BCUT2D eigenvalue weighted by atomic mass is 9.84. The number of nitrogens with one attached hydrogen (secondary N) is 2. The van der Waals surface area contributed by atoms with Crippen molar-refractivity contribution < 1.29 is 9.59 Å². The molecule has 6 heteroatoms.